The van der Waals surface area contributed by atoms with Crippen LogP contribution < -0.4 is 5.73 Å². The molecule has 0 aromatic carbocycles. The van der Waals surface area contributed by atoms with E-state index in [2.05, 4.69) is 0 Å². The topological polar surface area (TPSA) is 135 Å². The number of primary amides is 1. The third-order valence-electron chi connectivity index (χ3n) is 1.52. The molecule has 14 heavy (non-hydrogen) atoms. The van der Waals surface area contributed by atoms with E-state index in [1.165, 1.54) is 0 Å². The predicted octanol–water partition coefficient (Wildman–Crippen LogP) is -1.02. The Bertz CT molecular complexity index is 321. The van der Waals surface area contributed by atoms with Crippen molar-refractivity contribution in [2.45, 2.75) is 24.5 Å². The van der Waals surface area contributed by atoms with Gasteiger partial charge in [0, 0.05) is 6.42 Å². The number of carboxylic acid groups (broad SMARTS) is 1. The number of hydrogen-bond donors (Lipinski definition) is 3. The summed E-state index contributed by atoms with van der Waals surface area (Å²) in [6, 6.07) is 0. The highest BCUT2D eigenvalue weighted by atomic mass is 32.2. The van der Waals surface area contributed by atoms with Crippen molar-refractivity contribution in [1.29, 1.82) is 0 Å². The average molecular weight is 225 g/mol. The summed E-state index contributed by atoms with van der Waals surface area (Å²) in [6.07, 6.45) is -0.442. The second-order valence-electron chi connectivity index (χ2n) is 2.70. The zero-order chi connectivity index (χ0) is 11.4. The number of carboxylic acids is 1. The molecule has 0 bridgehead atoms. The molecule has 0 saturated heterocycles. The maximum atomic E-state index is 10.5. The minimum atomic E-state index is -4.61. The highest BCUT2D eigenvalue weighted by molar-refractivity contribution is 7.87. The smallest absolute Gasteiger partial charge is 0.324 e. The molecule has 0 aliphatic carbocycles. The van der Waals surface area contributed by atoms with E-state index >= 15 is 0 Å². The lowest BCUT2D eigenvalue weighted by atomic mass is 10.2. The molecule has 1 atom stereocenters. The molecule has 0 radical (unpaired) electrons. The lowest BCUT2D eigenvalue weighted by Gasteiger charge is -2.07. The van der Waals surface area contributed by atoms with E-state index < -0.39 is 27.2 Å². The maximum absolute atomic E-state index is 10.5. The van der Waals surface area contributed by atoms with Gasteiger partial charge < -0.3 is 10.8 Å². The molecule has 0 rings (SSSR count). The van der Waals surface area contributed by atoms with Crippen molar-refractivity contribution in [2.75, 3.05) is 0 Å². The zero-order valence-electron chi connectivity index (χ0n) is 7.21. The number of carbonyl (C=O) groups excluding carboxylic acids is 1. The summed E-state index contributed by atoms with van der Waals surface area (Å²) in [6.45, 7) is 0. The first kappa shape index (κ1) is 12.8. The minimum Gasteiger partial charge on any atom is -0.480 e. The summed E-state index contributed by atoms with van der Waals surface area (Å²) in [5, 5.41) is 6.53. The van der Waals surface area contributed by atoms with Crippen molar-refractivity contribution in [3.05, 3.63) is 0 Å². The molecule has 8 heteroatoms. The number of amides is 1. The fourth-order valence-electron chi connectivity index (χ4n) is 0.861. The highest BCUT2D eigenvalue weighted by Crippen LogP contribution is 2.09. The second-order valence-corrected chi connectivity index (χ2v) is 4.30. The molecule has 0 spiro atoms. The van der Waals surface area contributed by atoms with Crippen LogP contribution in [-0.4, -0.2) is 35.2 Å². The van der Waals surface area contributed by atoms with Gasteiger partial charge >= 0.3 is 5.97 Å². The quantitative estimate of drug-likeness (QED) is 0.495. The summed E-state index contributed by atoms with van der Waals surface area (Å²) in [5.74, 6) is -2.29. The van der Waals surface area contributed by atoms with E-state index in [4.69, 9.17) is 15.4 Å². The standard InChI is InChI=1S/C6H11NO6S/c7-5(8)3-1-2-4(6(9)10)14(11,12)13/h4H,1-3H2,(H2,7,8)(H,9,10)(H,11,12,13)/t4-/m0/s1. The van der Waals surface area contributed by atoms with Gasteiger partial charge in [-0.1, -0.05) is 0 Å². The fraction of sp³-hybridized carbons (Fsp3) is 0.667. The van der Waals surface area contributed by atoms with Gasteiger partial charge in [0.05, 0.1) is 0 Å². The SMILES string of the molecule is NC(=O)CCC[C@@H](C(=O)O)S(=O)(=O)O. The van der Waals surface area contributed by atoms with E-state index in [1.54, 1.807) is 0 Å². The second kappa shape index (κ2) is 4.91. The molecule has 0 heterocycles. The third-order valence-corrected chi connectivity index (χ3v) is 2.68. The number of nitrogens with two attached hydrogens (primary N) is 1. The van der Waals surface area contributed by atoms with Crippen molar-refractivity contribution in [2.24, 2.45) is 5.73 Å². The summed E-state index contributed by atoms with van der Waals surface area (Å²) in [4.78, 5) is 20.6. The summed E-state index contributed by atoms with van der Waals surface area (Å²) in [7, 11) is -4.61. The molecule has 0 unspecified atom stereocenters. The molecule has 82 valence electrons. The van der Waals surface area contributed by atoms with Crippen LogP contribution in [0.25, 0.3) is 0 Å². The normalized spacial score (nSPS) is 13.5. The van der Waals surface area contributed by atoms with Crippen LogP contribution in [0, 0.1) is 0 Å². The van der Waals surface area contributed by atoms with Crippen LogP contribution in [-0.2, 0) is 19.7 Å². The van der Waals surface area contributed by atoms with Gasteiger partial charge in [0.15, 0.2) is 5.25 Å². The summed E-state index contributed by atoms with van der Waals surface area (Å²) in [5.41, 5.74) is 4.77. The van der Waals surface area contributed by atoms with Crippen molar-refractivity contribution in [1.82, 2.24) is 0 Å². The Morgan fingerprint density at radius 1 is 1.36 bits per heavy atom. The predicted molar refractivity (Wildman–Crippen MR) is 46.0 cm³/mol. The molecule has 0 aliphatic heterocycles. The van der Waals surface area contributed by atoms with Gasteiger partial charge in [-0.15, -0.1) is 0 Å². The Labute approximate surface area is 80.6 Å². The Balaban J connectivity index is 4.28. The molecule has 0 aromatic rings. The molecular formula is C6H11NO6S. The Hall–Kier alpha value is -1.15. The number of aliphatic carboxylic acids is 1. The number of hydrogen-bond acceptors (Lipinski definition) is 4. The fourth-order valence-corrected chi connectivity index (χ4v) is 1.58. The van der Waals surface area contributed by atoms with E-state index in [0.717, 1.165) is 0 Å². The van der Waals surface area contributed by atoms with Crippen LogP contribution in [0.15, 0.2) is 0 Å². The molecule has 0 saturated carbocycles. The van der Waals surface area contributed by atoms with Gasteiger partial charge in [-0.3, -0.25) is 14.1 Å². The Kier molecular flexibility index (Phi) is 4.51. The molecular weight excluding hydrogens is 214 g/mol. The van der Waals surface area contributed by atoms with E-state index in [-0.39, 0.29) is 19.3 Å². The first-order valence-electron chi connectivity index (χ1n) is 3.72. The van der Waals surface area contributed by atoms with Gasteiger partial charge in [0.25, 0.3) is 10.1 Å². The lowest BCUT2D eigenvalue weighted by Crippen LogP contribution is -2.29. The molecule has 0 aromatic heterocycles. The van der Waals surface area contributed by atoms with Crippen LogP contribution in [0.4, 0.5) is 0 Å². The van der Waals surface area contributed by atoms with Crippen molar-refractivity contribution in [3.63, 3.8) is 0 Å². The molecule has 0 fully saturated rings. The van der Waals surface area contributed by atoms with Crippen LogP contribution in [0.1, 0.15) is 19.3 Å². The van der Waals surface area contributed by atoms with Gasteiger partial charge in [-0.05, 0) is 12.8 Å². The number of carbonyl (C=O) groups is 2. The van der Waals surface area contributed by atoms with Gasteiger partial charge in [0.1, 0.15) is 0 Å². The summed E-state index contributed by atoms with van der Waals surface area (Å²) >= 11 is 0. The summed E-state index contributed by atoms with van der Waals surface area (Å²) < 4.78 is 29.5. The van der Waals surface area contributed by atoms with Crippen molar-refractivity contribution >= 4 is 22.0 Å². The molecule has 4 N–H and O–H groups in total. The lowest BCUT2D eigenvalue weighted by molar-refractivity contribution is -0.137. The van der Waals surface area contributed by atoms with Crippen LogP contribution >= 0.6 is 0 Å². The first-order chi connectivity index (χ1) is 6.25. The molecule has 0 aliphatic rings. The van der Waals surface area contributed by atoms with Gasteiger partial charge in [0.2, 0.25) is 5.91 Å². The first-order valence-corrected chi connectivity index (χ1v) is 5.23. The third kappa shape index (κ3) is 4.77. The largest absolute Gasteiger partial charge is 0.480 e. The highest BCUT2D eigenvalue weighted by Gasteiger charge is 2.30. The van der Waals surface area contributed by atoms with E-state index in [0.29, 0.717) is 0 Å². The van der Waals surface area contributed by atoms with E-state index in [1.807, 2.05) is 0 Å². The van der Waals surface area contributed by atoms with E-state index in [9.17, 15) is 18.0 Å². The van der Waals surface area contributed by atoms with Crippen molar-refractivity contribution in [3.8, 4) is 0 Å². The van der Waals surface area contributed by atoms with Gasteiger partial charge in [-0.2, -0.15) is 8.42 Å². The van der Waals surface area contributed by atoms with Crippen LogP contribution in [0.2, 0.25) is 0 Å². The number of rotatable bonds is 6. The van der Waals surface area contributed by atoms with Gasteiger partial charge in [-0.25, -0.2) is 0 Å². The van der Waals surface area contributed by atoms with Crippen LogP contribution in [0.5, 0.6) is 0 Å². The monoisotopic (exact) mass is 225 g/mol. The zero-order valence-corrected chi connectivity index (χ0v) is 8.03. The van der Waals surface area contributed by atoms with Crippen LogP contribution in [0.3, 0.4) is 0 Å². The maximum Gasteiger partial charge on any atom is 0.324 e. The Morgan fingerprint density at radius 2 is 1.86 bits per heavy atom. The molecule has 7 nitrogen and oxygen atoms in total. The minimum absolute atomic E-state index is 0.00604. The molecule has 1 amide bonds. The average Bonchev–Trinajstić information content (AvgIpc) is 1.94. The van der Waals surface area contributed by atoms with Crippen molar-refractivity contribution < 1.29 is 27.7 Å². The Morgan fingerprint density at radius 3 is 2.14 bits per heavy atom.